The number of nitrogens with zero attached hydrogens (tertiary/aromatic N) is 3. The average molecular weight is 467 g/mol. The Kier molecular flexibility index (Phi) is 6.81. The Bertz CT molecular complexity index is 1200. The van der Waals surface area contributed by atoms with Crippen LogP contribution in [0.25, 0.3) is 5.69 Å². The number of aromatic nitrogens is 2. The lowest BCUT2D eigenvalue weighted by Gasteiger charge is -2.22. The first-order valence-corrected chi connectivity index (χ1v) is 10.9. The summed E-state index contributed by atoms with van der Waals surface area (Å²) in [6.07, 6.45) is 2.18. The Morgan fingerprint density at radius 1 is 1.06 bits per heavy atom. The molecule has 0 atom stereocenters. The van der Waals surface area contributed by atoms with Crippen molar-refractivity contribution in [2.75, 3.05) is 27.9 Å². The maximum absolute atomic E-state index is 14.5. The van der Waals surface area contributed by atoms with Crippen LogP contribution in [0.1, 0.15) is 33.7 Å². The highest BCUT2D eigenvalue weighted by Gasteiger charge is 2.31. The highest BCUT2D eigenvalue weighted by molar-refractivity contribution is 5.96. The monoisotopic (exact) mass is 467 g/mol. The second kappa shape index (κ2) is 9.94. The molecule has 0 unspecified atom stereocenters. The average Bonchev–Trinajstić information content (AvgIpc) is 3.46. The molecule has 0 bridgehead atoms. The summed E-state index contributed by atoms with van der Waals surface area (Å²) >= 11 is 0. The van der Waals surface area contributed by atoms with Crippen LogP contribution >= 0.6 is 0 Å². The van der Waals surface area contributed by atoms with Gasteiger partial charge in [-0.05, 0) is 49.1 Å². The van der Waals surface area contributed by atoms with Gasteiger partial charge in [-0.3, -0.25) is 9.59 Å². The molecule has 8 nitrogen and oxygen atoms in total. The molecule has 2 aromatic carbocycles. The zero-order valence-electron chi connectivity index (χ0n) is 19.3. The van der Waals surface area contributed by atoms with Crippen LogP contribution in [0, 0.1) is 5.82 Å². The zero-order chi connectivity index (χ0) is 24.2. The van der Waals surface area contributed by atoms with Crippen molar-refractivity contribution in [3.63, 3.8) is 0 Å². The van der Waals surface area contributed by atoms with Gasteiger partial charge in [-0.25, -0.2) is 9.07 Å². The Morgan fingerprint density at radius 3 is 2.41 bits per heavy atom. The number of fused-ring (bicyclic) bond motifs is 1. The van der Waals surface area contributed by atoms with E-state index in [0.29, 0.717) is 29.9 Å². The van der Waals surface area contributed by atoms with Crippen molar-refractivity contribution in [1.82, 2.24) is 14.7 Å². The van der Waals surface area contributed by atoms with Gasteiger partial charge in [-0.2, -0.15) is 5.10 Å². The molecule has 3 aromatic rings. The van der Waals surface area contributed by atoms with Crippen molar-refractivity contribution in [2.45, 2.75) is 25.8 Å². The quantitative estimate of drug-likeness (QED) is 0.473. The van der Waals surface area contributed by atoms with E-state index in [0.717, 1.165) is 17.7 Å². The standard InChI is InChI=1S/C25H26FN3O5/c1-32-17-11-16(12-18(13-17)33-2)14-28(15-23(30)34-3)25(31)24-19-7-6-10-21(19)29(27-24)22-9-5-4-8-20(22)26/h4-5,8-9,11-13H,6-7,10,14-15H2,1-3H3. The minimum Gasteiger partial charge on any atom is -0.497 e. The van der Waals surface area contributed by atoms with Crippen LogP contribution in [-0.4, -0.2) is 54.4 Å². The van der Waals surface area contributed by atoms with Gasteiger partial charge in [-0.1, -0.05) is 12.1 Å². The van der Waals surface area contributed by atoms with Crippen LogP contribution in [0.4, 0.5) is 4.39 Å². The summed E-state index contributed by atoms with van der Waals surface area (Å²) in [7, 11) is 4.34. The first kappa shape index (κ1) is 23.3. The van der Waals surface area contributed by atoms with Gasteiger partial charge in [-0.15, -0.1) is 0 Å². The molecule has 0 N–H and O–H groups in total. The minimum absolute atomic E-state index is 0.100. The Morgan fingerprint density at radius 2 is 1.76 bits per heavy atom. The molecule has 1 aliphatic carbocycles. The lowest BCUT2D eigenvalue weighted by Crippen LogP contribution is -2.36. The van der Waals surface area contributed by atoms with E-state index in [4.69, 9.17) is 14.2 Å². The predicted octanol–water partition coefficient (Wildman–Crippen LogP) is 3.33. The third kappa shape index (κ3) is 4.59. The van der Waals surface area contributed by atoms with E-state index in [1.54, 1.807) is 36.4 Å². The summed E-state index contributed by atoms with van der Waals surface area (Å²) in [5.41, 5.74) is 2.81. The first-order valence-electron chi connectivity index (χ1n) is 10.9. The van der Waals surface area contributed by atoms with Gasteiger partial charge in [0.2, 0.25) is 0 Å². The fourth-order valence-corrected chi connectivity index (χ4v) is 4.18. The number of hydrogen-bond donors (Lipinski definition) is 0. The van der Waals surface area contributed by atoms with Crippen molar-refractivity contribution in [1.29, 1.82) is 0 Å². The third-order valence-electron chi connectivity index (χ3n) is 5.83. The van der Waals surface area contributed by atoms with Gasteiger partial charge in [0.15, 0.2) is 5.69 Å². The molecule has 1 aliphatic rings. The molecule has 9 heteroatoms. The number of hydrogen-bond acceptors (Lipinski definition) is 6. The summed E-state index contributed by atoms with van der Waals surface area (Å²) in [6, 6.07) is 11.6. The molecule has 1 amide bonds. The number of esters is 1. The van der Waals surface area contributed by atoms with Crippen LogP contribution in [0.5, 0.6) is 11.5 Å². The molecular formula is C25H26FN3O5. The topological polar surface area (TPSA) is 82.9 Å². The largest absolute Gasteiger partial charge is 0.497 e. The van der Waals surface area contributed by atoms with Crippen LogP contribution in [0.2, 0.25) is 0 Å². The van der Waals surface area contributed by atoms with Crippen LogP contribution in [0.3, 0.4) is 0 Å². The molecule has 0 fully saturated rings. The second-order valence-corrected chi connectivity index (χ2v) is 7.95. The van der Waals surface area contributed by atoms with E-state index in [-0.39, 0.29) is 24.5 Å². The normalized spacial score (nSPS) is 12.2. The number of benzene rings is 2. The SMILES string of the molecule is COC(=O)CN(Cc1cc(OC)cc(OC)c1)C(=O)c1nn(-c2ccccc2F)c2c1CCC2. The fraction of sp³-hybridized carbons (Fsp3) is 0.320. The minimum atomic E-state index is -0.562. The second-order valence-electron chi connectivity index (χ2n) is 7.95. The van der Waals surface area contributed by atoms with E-state index in [1.165, 1.54) is 37.0 Å². The van der Waals surface area contributed by atoms with Gasteiger partial charge in [0.05, 0.1) is 21.3 Å². The van der Waals surface area contributed by atoms with Crippen molar-refractivity contribution in [3.8, 4) is 17.2 Å². The van der Waals surface area contributed by atoms with Crippen LogP contribution in [0.15, 0.2) is 42.5 Å². The maximum Gasteiger partial charge on any atom is 0.325 e. The maximum atomic E-state index is 14.5. The Labute approximate surface area is 196 Å². The van der Waals surface area contributed by atoms with Gasteiger partial charge < -0.3 is 19.1 Å². The molecule has 0 saturated carbocycles. The molecule has 34 heavy (non-hydrogen) atoms. The lowest BCUT2D eigenvalue weighted by molar-refractivity contribution is -0.141. The van der Waals surface area contributed by atoms with Crippen molar-refractivity contribution >= 4 is 11.9 Å². The van der Waals surface area contributed by atoms with E-state index in [9.17, 15) is 14.0 Å². The lowest BCUT2D eigenvalue weighted by atomic mass is 10.1. The molecule has 4 rings (SSSR count). The van der Waals surface area contributed by atoms with Crippen LogP contribution in [-0.2, 0) is 28.9 Å². The summed E-state index contributed by atoms with van der Waals surface area (Å²) < 4.78 is 31.5. The highest BCUT2D eigenvalue weighted by atomic mass is 19.1. The Balaban J connectivity index is 1.73. The Hall–Kier alpha value is -3.88. The smallest absolute Gasteiger partial charge is 0.325 e. The van der Waals surface area contributed by atoms with Gasteiger partial charge in [0, 0.05) is 23.9 Å². The molecule has 0 spiro atoms. The van der Waals surface area contributed by atoms with Crippen molar-refractivity contribution in [3.05, 3.63) is 70.8 Å². The summed E-state index contributed by atoms with van der Waals surface area (Å²) in [5, 5.41) is 4.51. The van der Waals surface area contributed by atoms with Crippen molar-refractivity contribution < 1.29 is 28.2 Å². The molecular weight excluding hydrogens is 441 g/mol. The summed E-state index contributed by atoms with van der Waals surface area (Å²) in [6.45, 7) is -0.168. The number of amides is 1. The van der Waals surface area contributed by atoms with Gasteiger partial charge >= 0.3 is 5.97 Å². The van der Waals surface area contributed by atoms with E-state index in [2.05, 4.69) is 5.10 Å². The molecule has 1 aromatic heterocycles. The molecule has 178 valence electrons. The predicted molar refractivity (Wildman–Crippen MR) is 122 cm³/mol. The number of rotatable bonds is 8. The van der Waals surface area contributed by atoms with Crippen molar-refractivity contribution in [2.24, 2.45) is 0 Å². The number of ether oxygens (including phenoxy) is 3. The van der Waals surface area contributed by atoms with E-state index < -0.39 is 17.7 Å². The number of para-hydroxylation sites is 1. The number of methoxy groups -OCH3 is 3. The van der Waals surface area contributed by atoms with E-state index in [1.807, 2.05) is 0 Å². The van der Waals surface area contributed by atoms with E-state index >= 15 is 0 Å². The zero-order valence-corrected chi connectivity index (χ0v) is 19.3. The highest BCUT2D eigenvalue weighted by Crippen LogP contribution is 2.30. The molecule has 0 saturated heterocycles. The first-order chi connectivity index (χ1) is 16.4. The molecule has 0 aliphatic heterocycles. The fourth-order valence-electron chi connectivity index (χ4n) is 4.18. The number of carbonyl (C=O) groups excluding carboxylic acids is 2. The number of carbonyl (C=O) groups is 2. The summed E-state index contributed by atoms with van der Waals surface area (Å²) in [5.74, 6) is -0.295. The number of halogens is 1. The van der Waals surface area contributed by atoms with Gasteiger partial charge in [0.25, 0.3) is 5.91 Å². The molecule has 1 heterocycles. The van der Waals surface area contributed by atoms with Crippen LogP contribution < -0.4 is 9.47 Å². The summed E-state index contributed by atoms with van der Waals surface area (Å²) in [4.78, 5) is 27.2. The van der Waals surface area contributed by atoms with Gasteiger partial charge in [0.1, 0.15) is 29.5 Å². The molecule has 0 radical (unpaired) electrons. The third-order valence-corrected chi connectivity index (χ3v) is 5.83.